The van der Waals surface area contributed by atoms with Gasteiger partial charge in [0, 0.05) is 36.2 Å². The fourth-order valence-corrected chi connectivity index (χ4v) is 2.97. The van der Waals surface area contributed by atoms with Gasteiger partial charge in [-0.25, -0.2) is 0 Å². The lowest BCUT2D eigenvalue weighted by molar-refractivity contribution is 0.302. The van der Waals surface area contributed by atoms with E-state index < -0.39 is 0 Å². The summed E-state index contributed by atoms with van der Waals surface area (Å²) in [6.45, 7) is 5.70. The van der Waals surface area contributed by atoms with Gasteiger partial charge in [-0.15, -0.1) is 0 Å². The third-order valence-corrected chi connectivity index (χ3v) is 3.88. The summed E-state index contributed by atoms with van der Waals surface area (Å²) < 4.78 is 2.43. The molecule has 3 heteroatoms. The predicted octanol–water partition coefficient (Wildman–Crippen LogP) is 2.68. The number of benzene rings is 1. The Morgan fingerprint density at radius 2 is 2.11 bits per heavy atom. The molecule has 18 heavy (non-hydrogen) atoms. The first-order valence-corrected chi connectivity index (χ1v) is 6.47. The van der Waals surface area contributed by atoms with Gasteiger partial charge in [0.25, 0.3) is 0 Å². The van der Waals surface area contributed by atoms with E-state index in [1.165, 1.54) is 22.2 Å². The van der Waals surface area contributed by atoms with Crippen molar-refractivity contribution in [3.8, 4) is 6.07 Å². The minimum atomic E-state index is 0.529. The molecule has 3 nitrogen and oxygen atoms in total. The Kier molecular flexibility index (Phi) is 2.81. The van der Waals surface area contributed by atoms with E-state index in [0.717, 1.165) is 26.1 Å². The lowest BCUT2D eigenvalue weighted by atomic mass is 10.1. The normalized spacial score (nSPS) is 16.2. The molecule has 3 rings (SSSR count). The molecule has 1 aliphatic rings. The molecule has 0 radical (unpaired) electrons. The highest BCUT2D eigenvalue weighted by molar-refractivity contribution is 5.85. The number of fused-ring (bicyclic) bond motifs is 3. The van der Waals surface area contributed by atoms with Crippen molar-refractivity contribution < 1.29 is 0 Å². The van der Waals surface area contributed by atoms with Crippen molar-refractivity contribution in [2.75, 3.05) is 13.1 Å². The van der Waals surface area contributed by atoms with Crippen molar-refractivity contribution in [1.29, 1.82) is 5.26 Å². The number of aryl methyl sites for hydroxylation is 2. The summed E-state index contributed by atoms with van der Waals surface area (Å²) in [7, 11) is 0. The number of para-hydroxylation sites is 1. The fraction of sp³-hybridized carbons (Fsp3) is 0.400. The Morgan fingerprint density at radius 3 is 2.94 bits per heavy atom. The summed E-state index contributed by atoms with van der Waals surface area (Å²) in [6, 6.07) is 10.9. The summed E-state index contributed by atoms with van der Waals surface area (Å²) >= 11 is 0. The molecule has 0 spiro atoms. The molecule has 0 unspecified atom stereocenters. The molecular weight excluding hydrogens is 222 g/mol. The smallest absolute Gasteiger partial charge is 0.0869 e. The second kappa shape index (κ2) is 4.47. The first kappa shape index (κ1) is 11.3. The highest BCUT2D eigenvalue weighted by atomic mass is 15.2. The van der Waals surface area contributed by atoms with E-state index in [1.807, 2.05) is 0 Å². The Hall–Kier alpha value is -1.79. The van der Waals surface area contributed by atoms with Gasteiger partial charge in [-0.3, -0.25) is 4.90 Å². The third kappa shape index (κ3) is 1.70. The van der Waals surface area contributed by atoms with Crippen LogP contribution < -0.4 is 0 Å². The molecule has 1 aliphatic heterocycles. The van der Waals surface area contributed by atoms with E-state index in [-0.39, 0.29) is 0 Å². The Balaban J connectivity index is 2.12. The third-order valence-electron chi connectivity index (χ3n) is 3.88. The number of rotatable bonds is 1. The highest BCUT2D eigenvalue weighted by Gasteiger charge is 2.19. The van der Waals surface area contributed by atoms with Gasteiger partial charge in [0.05, 0.1) is 12.6 Å². The van der Waals surface area contributed by atoms with E-state index in [4.69, 9.17) is 5.26 Å². The average molecular weight is 239 g/mol. The zero-order chi connectivity index (χ0) is 12.5. The number of aromatic nitrogens is 1. The molecule has 1 aromatic heterocycles. The zero-order valence-corrected chi connectivity index (χ0v) is 10.7. The Labute approximate surface area is 107 Å². The molecule has 0 bridgehead atoms. The van der Waals surface area contributed by atoms with Crippen LogP contribution in [0.3, 0.4) is 0 Å². The number of nitrogens with zero attached hydrogens (tertiary/aromatic N) is 3. The van der Waals surface area contributed by atoms with Crippen molar-refractivity contribution >= 4 is 10.9 Å². The maximum absolute atomic E-state index is 8.87. The van der Waals surface area contributed by atoms with Gasteiger partial charge >= 0.3 is 0 Å². The molecule has 1 aromatic carbocycles. The molecule has 0 N–H and O–H groups in total. The van der Waals surface area contributed by atoms with Crippen LogP contribution in [-0.4, -0.2) is 22.6 Å². The molecule has 0 saturated heterocycles. The van der Waals surface area contributed by atoms with Crippen LogP contribution in [0.25, 0.3) is 10.9 Å². The summed E-state index contributed by atoms with van der Waals surface area (Å²) in [5.41, 5.74) is 4.09. The van der Waals surface area contributed by atoms with Crippen LogP contribution in [0.4, 0.5) is 0 Å². The summed E-state index contributed by atoms with van der Waals surface area (Å²) in [6.07, 6.45) is 1.12. The van der Waals surface area contributed by atoms with Crippen LogP contribution in [-0.2, 0) is 13.1 Å². The minimum Gasteiger partial charge on any atom is -0.343 e. The molecule has 2 heterocycles. The molecule has 0 atom stereocenters. The highest BCUT2D eigenvalue weighted by Crippen LogP contribution is 2.28. The molecule has 92 valence electrons. The maximum Gasteiger partial charge on any atom is 0.0869 e. The summed E-state index contributed by atoms with van der Waals surface area (Å²) in [4.78, 5) is 2.24. The first-order chi connectivity index (χ1) is 8.81. The standard InChI is InChI=1S/C15H17N3/c1-12-13-5-2-3-6-14(13)18-9-4-8-17(10-7-16)11-15(12)18/h2-3,5-6H,4,8-11H2,1H3. The van der Waals surface area contributed by atoms with Crippen LogP contribution in [0, 0.1) is 18.3 Å². The monoisotopic (exact) mass is 239 g/mol. The maximum atomic E-state index is 8.87. The number of hydrogen-bond donors (Lipinski definition) is 0. The van der Waals surface area contributed by atoms with Gasteiger partial charge in [-0.1, -0.05) is 18.2 Å². The second-order valence-corrected chi connectivity index (χ2v) is 4.96. The average Bonchev–Trinajstić information content (AvgIpc) is 2.55. The first-order valence-electron chi connectivity index (χ1n) is 6.47. The largest absolute Gasteiger partial charge is 0.343 e. The van der Waals surface area contributed by atoms with Gasteiger partial charge in [0.2, 0.25) is 0 Å². The van der Waals surface area contributed by atoms with Crippen molar-refractivity contribution in [1.82, 2.24) is 9.47 Å². The van der Waals surface area contributed by atoms with Crippen molar-refractivity contribution in [2.24, 2.45) is 0 Å². The Morgan fingerprint density at radius 1 is 1.28 bits per heavy atom. The van der Waals surface area contributed by atoms with Crippen LogP contribution >= 0.6 is 0 Å². The molecular formula is C15H17N3. The topological polar surface area (TPSA) is 32.0 Å². The lowest BCUT2D eigenvalue weighted by Gasteiger charge is -2.15. The Bertz CT molecular complexity index is 618. The van der Waals surface area contributed by atoms with Gasteiger partial charge in [0.15, 0.2) is 0 Å². The molecule has 2 aromatic rings. The SMILES string of the molecule is Cc1c2n(c3ccccc13)CCCN(CC#N)C2. The second-order valence-electron chi connectivity index (χ2n) is 4.96. The van der Waals surface area contributed by atoms with Crippen LogP contribution in [0.2, 0.25) is 0 Å². The minimum absolute atomic E-state index is 0.529. The molecule has 0 amide bonds. The van der Waals surface area contributed by atoms with E-state index in [2.05, 4.69) is 46.7 Å². The van der Waals surface area contributed by atoms with E-state index in [0.29, 0.717) is 6.54 Å². The molecule has 0 aliphatic carbocycles. The van der Waals surface area contributed by atoms with Gasteiger partial charge in [-0.2, -0.15) is 5.26 Å². The van der Waals surface area contributed by atoms with Crippen molar-refractivity contribution in [3.63, 3.8) is 0 Å². The quantitative estimate of drug-likeness (QED) is 0.717. The molecule has 0 fully saturated rings. The van der Waals surface area contributed by atoms with Gasteiger partial charge in [0.1, 0.15) is 0 Å². The van der Waals surface area contributed by atoms with E-state index in [9.17, 15) is 0 Å². The zero-order valence-electron chi connectivity index (χ0n) is 10.7. The summed E-state index contributed by atoms with van der Waals surface area (Å²) in [5.74, 6) is 0. The van der Waals surface area contributed by atoms with E-state index in [1.54, 1.807) is 0 Å². The number of nitriles is 1. The lowest BCUT2D eigenvalue weighted by Crippen LogP contribution is -2.23. The summed E-state index contributed by atoms with van der Waals surface area (Å²) in [5, 5.41) is 10.2. The number of hydrogen-bond acceptors (Lipinski definition) is 2. The molecule has 0 saturated carbocycles. The van der Waals surface area contributed by atoms with Crippen molar-refractivity contribution in [3.05, 3.63) is 35.5 Å². The van der Waals surface area contributed by atoms with Crippen molar-refractivity contribution in [2.45, 2.75) is 26.4 Å². The van der Waals surface area contributed by atoms with Gasteiger partial charge in [-0.05, 0) is 25.0 Å². The van der Waals surface area contributed by atoms with Gasteiger partial charge < -0.3 is 4.57 Å². The van der Waals surface area contributed by atoms with E-state index >= 15 is 0 Å². The predicted molar refractivity (Wildman–Crippen MR) is 72.2 cm³/mol. The van der Waals surface area contributed by atoms with Crippen LogP contribution in [0.15, 0.2) is 24.3 Å². The van der Waals surface area contributed by atoms with Crippen LogP contribution in [0.5, 0.6) is 0 Å². The fourth-order valence-electron chi connectivity index (χ4n) is 2.97. The van der Waals surface area contributed by atoms with Crippen LogP contribution in [0.1, 0.15) is 17.7 Å².